The Kier molecular flexibility index (Phi) is 2.56. The number of nitrogens with zero attached hydrogens (tertiary/aromatic N) is 3. The second-order valence-electron chi connectivity index (χ2n) is 2.18. The highest BCUT2D eigenvalue weighted by molar-refractivity contribution is 5.19. The summed E-state index contributed by atoms with van der Waals surface area (Å²) in [5.74, 6) is 0. The SMILES string of the molecule is CCc1ncncc1CC#N. The van der Waals surface area contributed by atoms with Crippen molar-refractivity contribution >= 4 is 0 Å². The second kappa shape index (κ2) is 3.67. The Labute approximate surface area is 65.7 Å². The van der Waals surface area contributed by atoms with Gasteiger partial charge in [-0.1, -0.05) is 6.92 Å². The quantitative estimate of drug-likeness (QED) is 0.629. The highest BCUT2D eigenvalue weighted by Gasteiger charge is 1.99. The summed E-state index contributed by atoms with van der Waals surface area (Å²) in [5.41, 5.74) is 1.92. The van der Waals surface area contributed by atoms with Gasteiger partial charge in [0.2, 0.25) is 0 Å². The van der Waals surface area contributed by atoms with E-state index in [4.69, 9.17) is 5.26 Å². The molecule has 3 nitrogen and oxygen atoms in total. The maximum atomic E-state index is 8.43. The Balaban J connectivity index is 2.94. The largest absolute Gasteiger partial charge is 0.244 e. The summed E-state index contributed by atoms with van der Waals surface area (Å²) in [6, 6.07) is 2.08. The molecule has 0 bridgehead atoms. The molecule has 1 aromatic rings. The van der Waals surface area contributed by atoms with Crippen LogP contribution in [0.25, 0.3) is 0 Å². The van der Waals surface area contributed by atoms with E-state index >= 15 is 0 Å². The molecule has 56 valence electrons. The van der Waals surface area contributed by atoms with Gasteiger partial charge in [0.25, 0.3) is 0 Å². The molecule has 0 radical (unpaired) electrons. The van der Waals surface area contributed by atoms with Gasteiger partial charge in [-0.25, -0.2) is 9.97 Å². The van der Waals surface area contributed by atoms with Crippen molar-refractivity contribution in [3.05, 3.63) is 23.8 Å². The van der Waals surface area contributed by atoms with Crippen molar-refractivity contribution in [3.63, 3.8) is 0 Å². The number of hydrogen-bond acceptors (Lipinski definition) is 3. The fourth-order valence-electron chi connectivity index (χ4n) is 0.935. The standard InChI is InChI=1S/C8H9N3/c1-2-8-7(3-4-9)5-10-6-11-8/h5-6H,2-3H2,1H3. The van der Waals surface area contributed by atoms with Gasteiger partial charge < -0.3 is 0 Å². The van der Waals surface area contributed by atoms with E-state index in [1.165, 1.54) is 6.33 Å². The van der Waals surface area contributed by atoms with E-state index in [0.29, 0.717) is 6.42 Å². The molecule has 0 N–H and O–H groups in total. The first kappa shape index (κ1) is 7.67. The van der Waals surface area contributed by atoms with Gasteiger partial charge in [-0.2, -0.15) is 5.26 Å². The lowest BCUT2D eigenvalue weighted by Gasteiger charge is -1.99. The highest BCUT2D eigenvalue weighted by Crippen LogP contribution is 2.03. The zero-order chi connectivity index (χ0) is 8.10. The van der Waals surface area contributed by atoms with Crippen molar-refractivity contribution in [1.29, 1.82) is 5.26 Å². The van der Waals surface area contributed by atoms with Gasteiger partial charge in [-0.15, -0.1) is 0 Å². The molecule has 0 saturated carbocycles. The summed E-state index contributed by atoms with van der Waals surface area (Å²) in [4.78, 5) is 7.90. The van der Waals surface area contributed by atoms with E-state index in [1.807, 2.05) is 6.92 Å². The van der Waals surface area contributed by atoms with Gasteiger partial charge >= 0.3 is 0 Å². The van der Waals surface area contributed by atoms with E-state index < -0.39 is 0 Å². The van der Waals surface area contributed by atoms with Crippen LogP contribution in [0.2, 0.25) is 0 Å². The number of aryl methyl sites for hydroxylation is 1. The molecule has 1 heterocycles. The lowest BCUT2D eigenvalue weighted by Crippen LogP contribution is -1.95. The van der Waals surface area contributed by atoms with Crippen molar-refractivity contribution in [2.45, 2.75) is 19.8 Å². The number of hydrogen-bond donors (Lipinski definition) is 0. The maximum Gasteiger partial charge on any atom is 0.115 e. The Hall–Kier alpha value is -1.43. The summed E-state index contributed by atoms with van der Waals surface area (Å²) >= 11 is 0. The molecule has 11 heavy (non-hydrogen) atoms. The van der Waals surface area contributed by atoms with E-state index in [9.17, 15) is 0 Å². The molecule has 3 heteroatoms. The summed E-state index contributed by atoms with van der Waals surface area (Å²) in [6.45, 7) is 2.02. The van der Waals surface area contributed by atoms with Crippen LogP contribution in [0.4, 0.5) is 0 Å². The minimum absolute atomic E-state index is 0.407. The topological polar surface area (TPSA) is 49.6 Å². The van der Waals surface area contributed by atoms with Crippen LogP contribution >= 0.6 is 0 Å². The third-order valence-electron chi connectivity index (χ3n) is 1.49. The van der Waals surface area contributed by atoms with Crippen LogP contribution in [0.1, 0.15) is 18.2 Å². The summed E-state index contributed by atoms with van der Waals surface area (Å²) in [7, 11) is 0. The van der Waals surface area contributed by atoms with Gasteiger partial charge in [-0.05, 0) is 6.42 Å². The fraction of sp³-hybridized carbons (Fsp3) is 0.375. The molecule has 0 atom stereocenters. The molecule has 0 fully saturated rings. The average Bonchev–Trinajstić information content (AvgIpc) is 2.06. The minimum Gasteiger partial charge on any atom is -0.244 e. The zero-order valence-corrected chi connectivity index (χ0v) is 6.41. The minimum atomic E-state index is 0.407. The van der Waals surface area contributed by atoms with Crippen molar-refractivity contribution in [3.8, 4) is 6.07 Å². The van der Waals surface area contributed by atoms with Crippen molar-refractivity contribution in [2.24, 2.45) is 0 Å². The van der Waals surface area contributed by atoms with Crippen LogP contribution in [0.5, 0.6) is 0 Å². The molecule has 1 rings (SSSR count). The third kappa shape index (κ3) is 1.74. The molecular formula is C8H9N3. The molecule has 0 spiro atoms. The zero-order valence-electron chi connectivity index (χ0n) is 6.41. The first-order chi connectivity index (χ1) is 5.38. The van der Waals surface area contributed by atoms with Crippen LogP contribution in [0.3, 0.4) is 0 Å². The number of nitriles is 1. The van der Waals surface area contributed by atoms with Gasteiger partial charge in [0.15, 0.2) is 0 Å². The lowest BCUT2D eigenvalue weighted by atomic mass is 10.1. The van der Waals surface area contributed by atoms with Crippen LogP contribution in [0.15, 0.2) is 12.5 Å². The smallest absolute Gasteiger partial charge is 0.115 e. The highest BCUT2D eigenvalue weighted by atomic mass is 14.8. The Morgan fingerprint density at radius 2 is 2.45 bits per heavy atom. The Morgan fingerprint density at radius 3 is 3.09 bits per heavy atom. The second-order valence-corrected chi connectivity index (χ2v) is 2.18. The molecule has 0 aliphatic carbocycles. The summed E-state index contributed by atoms with van der Waals surface area (Å²) < 4.78 is 0. The van der Waals surface area contributed by atoms with Crippen molar-refractivity contribution < 1.29 is 0 Å². The summed E-state index contributed by atoms with van der Waals surface area (Å²) in [5, 5.41) is 8.43. The Bertz CT molecular complexity index is 275. The fourth-order valence-corrected chi connectivity index (χ4v) is 0.935. The molecule has 0 amide bonds. The molecule has 1 aromatic heterocycles. The lowest BCUT2D eigenvalue weighted by molar-refractivity contribution is 0.952. The average molecular weight is 147 g/mol. The molecular weight excluding hydrogens is 138 g/mol. The molecule has 0 saturated heterocycles. The normalized spacial score (nSPS) is 9.09. The van der Waals surface area contributed by atoms with Gasteiger partial charge in [0.1, 0.15) is 6.33 Å². The first-order valence-electron chi connectivity index (χ1n) is 3.53. The predicted octanol–water partition coefficient (Wildman–Crippen LogP) is 1.11. The van der Waals surface area contributed by atoms with Gasteiger partial charge in [-0.3, -0.25) is 0 Å². The monoisotopic (exact) mass is 147 g/mol. The van der Waals surface area contributed by atoms with E-state index in [1.54, 1.807) is 6.20 Å². The van der Waals surface area contributed by atoms with Crippen molar-refractivity contribution in [1.82, 2.24) is 9.97 Å². The summed E-state index contributed by atoms with van der Waals surface area (Å²) in [6.07, 6.45) is 4.48. The first-order valence-corrected chi connectivity index (χ1v) is 3.53. The van der Waals surface area contributed by atoms with Crippen LogP contribution in [0, 0.1) is 11.3 Å². The Morgan fingerprint density at radius 1 is 1.64 bits per heavy atom. The maximum absolute atomic E-state index is 8.43. The predicted molar refractivity (Wildman–Crippen MR) is 40.7 cm³/mol. The molecule has 0 aromatic carbocycles. The van der Waals surface area contributed by atoms with E-state index in [0.717, 1.165) is 17.7 Å². The number of aromatic nitrogens is 2. The van der Waals surface area contributed by atoms with E-state index in [2.05, 4.69) is 16.0 Å². The van der Waals surface area contributed by atoms with E-state index in [-0.39, 0.29) is 0 Å². The molecule has 0 aliphatic rings. The third-order valence-corrected chi connectivity index (χ3v) is 1.49. The van der Waals surface area contributed by atoms with Crippen LogP contribution in [-0.4, -0.2) is 9.97 Å². The van der Waals surface area contributed by atoms with Crippen molar-refractivity contribution in [2.75, 3.05) is 0 Å². The van der Waals surface area contributed by atoms with Crippen LogP contribution in [-0.2, 0) is 12.8 Å². The van der Waals surface area contributed by atoms with Crippen LogP contribution < -0.4 is 0 Å². The van der Waals surface area contributed by atoms with Gasteiger partial charge in [0, 0.05) is 17.5 Å². The number of rotatable bonds is 2. The molecule has 0 aliphatic heterocycles. The van der Waals surface area contributed by atoms with Gasteiger partial charge in [0.05, 0.1) is 12.5 Å². The molecule has 0 unspecified atom stereocenters.